The summed E-state index contributed by atoms with van der Waals surface area (Å²) in [5, 5.41) is 11.2. The van der Waals surface area contributed by atoms with E-state index in [1.807, 2.05) is 19.1 Å². The number of carbonyl (C=O) groups is 1. The average Bonchev–Trinajstić information content (AvgIpc) is 3.18. The Balaban J connectivity index is 1.48. The Hall–Kier alpha value is -4.21. The quantitative estimate of drug-likeness (QED) is 0.220. The largest absolute Gasteiger partial charge is 0.449 e. The zero-order chi connectivity index (χ0) is 27.4. The fourth-order valence-corrected chi connectivity index (χ4v) is 4.87. The van der Waals surface area contributed by atoms with Crippen LogP contribution in [0.5, 0.6) is 11.5 Å². The Bertz CT molecular complexity index is 1670. The standard InChI is InChI=1S/C31H27ClN2O4/c1-16-12-25-22(14-24(16)32)17(2)28(37-25)30(35)36-20-10-11-21-26(13-20)38-29(34)23(15-33)27(21)18-6-8-19(9-7-18)31(3,4)5/h6-14,27H,34H2,1-5H3. The molecule has 0 aliphatic carbocycles. The third-order valence-corrected chi connectivity index (χ3v) is 7.32. The Morgan fingerprint density at radius 1 is 1.08 bits per heavy atom. The zero-order valence-electron chi connectivity index (χ0n) is 21.8. The molecule has 192 valence electrons. The number of fused-ring (bicyclic) bond motifs is 2. The van der Waals surface area contributed by atoms with Crippen LogP contribution < -0.4 is 15.2 Å². The van der Waals surface area contributed by atoms with Crippen molar-refractivity contribution < 1.29 is 18.7 Å². The number of allylic oxidation sites excluding steroid dienone is 1. The molecule has 7 heteroatoms. The van der Waals surface area contributed by atoms with Gasteiger partial charge in [-0.05, 0) is 54.2 Å². The minimum absolute atomic E-state index is 0.00109. The fraction of sp³-hybridized carbons (Fsp3) is 0.226. The summed E-state index contributed by atoms with van der Waals surface area (Å²) < 4.78 is 17.3. The highest BCUT2D eigenvalue weighted by Gasteiger charge is 2.31. The molecule has 1 atom stereocenters. The van der Waals surface area contributed by atoms with Gasteiger partial charge in [0.25, 0.3) is 0 Å². The molecule has 0 saturated heterocycles. The molecule has 1 aliphatic heterocycles. The lowest BCUT2D eigenvalue weighted by molar-refractivity contribution is 0.0702. The lowest BCUT2D eigenvalue weighted by atomic mass is 9.81. The van der Waals surface area contributed by atoms with Crippen LogP contribution >= 0.6 is 11.6 Å². The van der Waals surface area contributed by atoms with Crippen molar-refractivity contribution in [3.8, 4) is 17.6 Å². The molecule has 0 spiro atoms. The van der Waals surface area contributed by atoms with Crippen LogP contribution in [-0.2, 0) is 5.41 Å². The highest BCUT2D eigenvalue weighted by Crippen LogP contribution is 2.44. The van der Waals surface area contributed by atoms with E-state index in [4.69, 9.17) is 31.2 Å². The van der Waals surface area contributed by atoms with Gasteiger partial charge in [-0.3, -0.25) is 0 Å². The number of esters is 1. The van der Waals surface area contributed by atoms with Crippen molar-refractivity contribution in [2.45, 2.75) is 46.0 Å². The van der Waals surface area contributed by atoms with E-state index in [1.54, 1.807) is 37.3 Å². The van der Waals surface area contributed by atoms with Gasteiger partial charge in [-0.2, -0.15) is 5.26 Å². The summed E-state index contributed by atoms with van der Waals surface area (Å²) in [7, 11) is 0. The van der Waals surface area contributed by atoms with Crippen LogP contribution in [0.4, 0.5) is 0 Å². The zero-order valence-corrected chi connectivity index (χ0v) is 22.6. The third-order valence-electron chi connectivity index (χ3n) is 6.91. The van der Waals surface area contributed by atoms with Crippen LogP contribution in [0, 0.1) is 25.2 Å². The number of benzene rings is 3. The molecule has 5 rings (SSSR count). The van der Waals surface area contributed by atoms with E-state index in [0.29, 0.717) is 27.5 Å². The summed E-state index contributed by atoms with van der Waals surface area (Å²) in [4.78, 5) is 13.0. The number of carbonyl (C=O) groups excluding carboxylic acids is 1. The van der Waals surface area contributed by atoms with Crippen molar-refractivity contribution in [3.05, 3.63) is 105 Å². The maximum Gasteiger partial charge on any atom is 0.379 e. The van der Waals surface area contributed by atoms with Gasteiger partial charge in [-0.15, -0.1) is 0 Å². The molecule has 38 heavy (non-hydrogen) atoms. The maximum absolute atomic E-state index is 13.0. The Labute approximate surface area is 226 Å². The molecule has 4 aromatic rings. The molecule has 1 unspecified atom stereocenters. The minimum Gasteiger partial charge on any atom is -0.449 e. The van der Waals surface area contributed by atoms with Gasteiger partial charge >= 0.3 is 5.97 Å². The second-order valence-corrected chi connectivity index (χ2v) is 10.9. The van der Waals surface area contributed by atoms with Crippen LogP contribution in [-0.4, -0.2) is 5.97 Å². The fourth-order valence-electron chi connectivity index (χ4n) is 4.71. The highest BCUT2D eigenvalue weighted by atomic mass is 35.5. The van der Waals surface area contributed by atoms with Crippen molar-refractivity contribution in [3.63, 3.8) is 0 Å². The number of hydrogen-bond acceptors (Lipinski definition) is 6. The summed E-state index contributed by atoms with van der Waals surface area (Å²) in [6.07, 6.45) is 0. The number of aryl methyl sites for hydroxylation is 2. The molecule has 0 fully saturated rings. The molecular weight excluding hydrogens is 500 g/mol. The molecule has 0 bridgehead atoms. The maximum atomic E-state index is 13.0. The molecular formula is C31H27ClN2O4. The number of rotatable bonds is 3. The van der Waals surface area contributed by atoms with Gasteiger partial charge in [0.15, 0.2) is 0 Å². The number of halogens is 1. The van der Waals surface area contributed by atoms with Crippen molar-refractivity contribution >= 4 is 28.5 Å². The Morgan fingerprint density at radius 3 is 2.45 bits per heavy atom. The van der Waals surface area contributed by atoms with Gasteiger partial charge in [0.05, 0.1) is 5.92 Å². The summed E-state index contributed by atoms with van der Waals surface area (Å²) in [6, 6.07) is 19.0. The Kier molecular flexibility index (Phi) is 6.21. The predicted octanol–water partition coefficient (Wildman–Crippen LogP) is 7.44. The molecule has 0 saturated carbocycles. The molecule has 0 amide bonds. The Morgan fingerprint density at radius 2 is 1.79 bits per heavy atom. The summed E-state index contributed by atoms with van der Waals surface area (Å²) in [5.41, 5.74) is 11.4. The van der Waals surface area contributed by atoms with Gasteiger partial charge in [0, 0.05) is 27.6 Å². The molecule has 0 radical (unpaired) electrons. The number of ether oxygens (including phenoxy) is 2. The van der Waals surface area contributed by atoms with E-state index >= 15 is 0 Å². The topological polar surface area (TPSA) is 98.5 Å². The monoisotopic (exact) mass is 526 g/mol. The van der Waals surface area contributed by atoms with Crippen molar-refractivity contribution in [2.24, 2.45) is 5.73 Å². The molecule has 2 heterocycles. The molecule has 2 N–H and O–H groups in total. The van der Waals surface area contributed by atoms with E-state index in [-0.39, 0.29) is 22.8 Å². The van der Waals surface area contributed by atoms with Gasteiger partial charge in [0.1, 0.15) is 28.7 Å². The first-order valence-corrected chi connectivity index (χ1v) is 12.6. The van der Waals surface area contributed by atoms with E-state index in [0.717, 1.165) is 22.1 Å². The van der Waals surface area contributed by atoms with Gasteiger partial charge < -0.3 is 19.6 Å². The smallest absolute Gasteiger partial charge is 0.379 e. The number of nitrogens with two attached hydrogens (primary N) is 1. The van der Waals surface area contributed by atoms with Crippen LogP contribution in [0.25, 0.3) is 11.0 Å². The number of nitrogens with zero attached hydrogens (tertiary/aromatic N) is 1. The first-order valence-electron chi connectivity index (χ1n) is 12.2. The molecule has 6 nitrogen and oxygen atoms in total. The highest BCUT2D eigenvalue weighted by molar-refractivity contribution is 6.32. The van der Waals surface area contributed by atoms with Crippen LogP contribution in [0.1, 0.15) is 65.1 Å². The van der Waals surface area contributed by atoms with Crippen LogP contribution in [0.2, 0.25) is 5.02 Å². The van der Waals surface area contributed by atoms with Gasteiger partial charge in [-0.1, -0.05) is 62.7 Å². The molecule has 3 aromatic carbocycles. The SMILES string of the molecule is Cc1cc2oc(C(=O)Oc3ccc4c(c3)OC(N)=C(C#N)C4c3ccc(C(C)(C)C)cc3)c(C)c2cc1Cl. The molecule has 1 aliphatic rings. The lowest BCUT2D eigenvalue weighted by Crippen LogP contribution is -2.21. The first kappa shape index (κ1) is 25.4. The van der Waals surface area contributed by atoms with E-state index in [1.165, 1.54) is 5.56 Å². The van der Waals surface area contributed by atoms with Crippen LogP contribution in [0.15, 0.2) is 70.5 Å². The normalized spacial score (nSPS) is 15.1. The molecule has 1 aromatic heterocycles. The van der Waals surface area contributed by atoms with Crippen LogP contribution in [0.3, 0.4) is 0 Å². The van der Waals surface area contributed by atoms with Crippen molar-refractivity contribution in [2.75, 3.05) is 0 Å². The second kappa shape index (κ2) is 9.27. The summed E-state index contributed by atoms with van der Waals surface area (Å²) in [6.45, 7) is 10.1. The van der Waals surface area contributed by atoms with Gasteiger partial charge in [-0.25, -0.2) is 4.79 Å². The number of furan rings is 1. The number of nitriles is 1. The second-order valence-electron chi connectivity index (χ2n) is 10.5. The predicted molar refractivity (Wildman–Crippen MR) is 147 cm³/mol. The lowest BCUT2D eigenvalue weighted by Gasteiger charge is -2.27. The van der Waals surface area contributed by atoms with E-state index < -0.39 is 11.9 Å². The third kappa shape index (κ3) is 4.40. The van der Waals surface area contributed by atoms with E-state index in [9.17, 15) is 10.1 Å². The van der Waals surface area contributed by atoms with E-state index in [2.05, 4.69) is 39.0 Å². The minimum atomic E-state index is -0.640. The van der Waals surface area contributed by atoms with Crippen molar-refractivity contribution in [1.82, 2.24) is 0 Å². The average molecular weight is 527 g/mol. The summed E-state index contributed by atoms with van der Waals surface area (Å²) >= 11 is 6.26. The van der Waals surface area contributed by atoms with Gasteiger partial charge in [0.2, 0.25) is 11.6 Å². The summed E-state index contributed by atoms with van der Waals surface area (Å²) in [5.74, 6) is -0.248. The number of hydrogen-bond donors (Lipinski definition) is 1. The first-order chi connectivity index (χ1) is 18.0. The van der Waals surface area contributed by atoms with Crippen molar-refractivity contribution in [1.29, 1.82) is 5.26 Å².